The summed E-state index contributed by atoms with van der Waals surface area (Å²) in [4.78, 5) is 15.5. The summed E-state index contributed by atoms with van der Waals surface area (Å²) in [6, 6.07) is 13.0. The van der Waals surface area contributed by atoms with Gasteiger partial charge in [-0.2, -0.15) is 4.31 Å². The summed E-state index contributed by atoms with van der Waals surface area (Å²) >= 11 is 0. The predicted molar refractivity (Wildman–Crippen MR) is 128 cm³/mol. The lowest BCUT2D eigenvalue weighted by molar-refractivity contribution is 0.0950. The normalized spacial score (nSPS) is 15.1. The highest BCUT2D eigenvalue weighted by Crippen LogP contribution is 2.23. The van der Waals surface area contributed by atoms with Gasteiger partial charge in [0.15, 0.2) is 0 Å². The molecule has 32 heavy (non-hydrogen) atoms. The highest BCUT2D eigenvalue weighted by Gasteiger charge is 2.27. The molecule has 1 saturated heterocycles. The Kier molecular flexibility index (Phi) is 8.45. The number of aryl methyl sites for hydroxylation is 1. The van der Waals surface area contributed by atoms with Crippen LogP contribution in [-0.4, -0.2) is 49.7 Å². The molecule has 1 amide bonds. The van der Waals surface area contributed by atoms with Crippen LogP contribution in [0.1, 0.15) is 60.2 Å². The van der Waals surface area contributed by atoms with Gasteiger partial charge in [-0.05, 0) is 61.7 Å². The fraction of sp³-hybridized carbons (Fsp3) is 0.480. The van der Waals surface area contributed by atoms with Gasteiger partial charge in [-0.15, -0.1) is 0 Å². The Morgan fingerprint density at radius 1 is 1.00 bits per heavy atom. The Morgan fingerprint density at radius 3 is 2.31 bits per heavy atom. The third-order valence-corrected chi connectivity index (χ3v) is 8.15. The average molecular weight is 458 g/mol. The van der Waals surface area contributed by atoms with Crippen molar-refractivity contribution in [1.29, 1.82) is 0 Å². The van der Waals surface area contributed by atoms with Gasteiger partial charge in [-0.1, -0.05) is 50.6 Å². The summed E-state index contributed by atoms with van der Waals surface area (Å²) in [5.41, 5.74) is 3.43. The summed E-state index contributed by atoms with van der Waals surface area (Å²) < 4.78 is 27.6. The van der Waals surface area contributed by atoms with Crippen molar-refractivity contribution in [3.63, 3.8) is 0 Å². The first kappa shape index (κ1) is 24.4. The van der Waals surface area contributed by atoms with Gasteiger partial charge in [0.25, 0.3) is 5.91 Å². The number of hydrogen-bond donors (Lipinski definition) is 1. The van der Waals surface area contributed by atoms with Crippen molar-refractivity contribution >= 4 is 15.9 Å². The van der Waals surface area contributed by atoms with Gasteiger partial charge in [-0.25, -0.2) is 8.42 Å². The lowest BCUT2D eigenvalue weighted by Crippen LogP contribution is -2.35. The maximum absolute atomic E-state index is 13.0. The Hall–Kier alpha value is -2.22. The monoisotopic (exact) mass is 457 g/mol. The van der Waals surface area contributed by atoms with E-state index in [1.807, 2.05) is 25.1 Å². The van der Waals surface area contributed by atoms with Gasteiger partial charge < -0.3 is 5.32 Å². The number of carbonyl (C=O) groups excluding carboxylic acids is 1. The van der Waals surface area contributed by atoms with Crippen LogP contribution in [0.4, 0.5) is 0 Å². The fourth-order valence-corrected chi connectivity index (χ4v) is 5.65. The summed E-state index contributed by atoms with van der Waals surface area (Å²) in [7, 11) is -3.58. The first-order valence-corrected chi connectivity index (χ1v) is 13.0. The number of nitrogens with one attached hydrogen (secondary N) is 1. The van der Waals surface area contributed by atoms with Crippen LogP contribution in [0, 0.1) is 6.92 Å². The third-order valence-electron chi connectivity index (χ3n) is 6.25. The van der Waals surface area contributed by atoms with E-state index in [-0.39, 0.29) is 10.8 Å². The lowest BCUT2D eigenvalue weighted by Gasteiger charge is -2.26. The topological polar surface area (TPSA) is 69.7 Å². The number of piperidine rings is 1. The number of rotatable bonds is 9. The van der Waals surface area contributed by atoms with E-state index in [4.69, 9.17) is 0 Å². The van der Waals surface area contributed by atoms with E-state index in [0.717, 1.165) is 50.0 Å². The minimum atomic E-state index is -3.58. The second-order valence-electron chi connectivity index (χ2n) is 8.35. The Balaban J connectivity index is 1.76. The molecule has 3 rings (SSSR count). The van der Waals surface area contributed by atoms with Gasteiger partial charge in [0.05, 0.1) is 4.90 Å². The number of benzene rings is 2. The van der Waals surface area contributed by atoms with Gasteiger partial charge in [-0.3, -0.25) is 9.69 Å². The van der Waals surface area contributed by atoms with Gasteiger partial charge in [0, 0.05) is 31.7 Å². The molecular weight excluding hydrogens is 422 g/mol. The van der Waals surface area contributed by atoms with Crippen molar-refractivity contribution in [2.24, 2.45) is 0 Å². The largest absolute Gasteiger partial charge is 0.348 e. The zero-order valence-electron chi connectivity index (χ0n) is 19.4. The van der Waals surface area contributed by atoms with E-state index >= 15 is 0 Å². The molecule has 0 spiro atoms. The van der Waals surface area contributed by atoms with Crippen molar-refractivity contribution in [3.05, 3.63) is 64.7 Å². The number of amides is 1. The highest BCUT2D eigenvalue weighted by atomic mass is 32.2. The van der Waals surface area contributed by atoms with Crippen LogP contribution in [-0.2, 0) is 23.1 Å². The van der Waals surface area contributed by atoms with Crippen molar-refractivity contribution < 1.29 is 13.2 Å². The molecule has 1 heterocycles. The summed E-state index contributed by atoms with van der Waals surface area (Å²) in [5.74, 6) is -0.254. The number of carbonyl (C=O) groups is 1. The zero-order valence-corrected chi connectivity index (χ0v) is 20.2. The van der Waals surface area contributed by atoms with Crippen LogP contribution in [0.5, 0.6) is 0 Å². The van der Waals surface area contributed by atoms with Gasteiger partial charge in [0.2, 0.25) is 10.0 Å². The van der Waals surface area contributed by atoms with E-state index in [0.29, 0.717) is 25.2 Å². The molecule has 6 nitrogen and oxygen atoms in total. The molecule has 0 aromatic heterocycles. The average Bonchev–Trinajstić information content (AvgIpc) is 2.82. The molecule has 174 valence electrons. The molecule has 0 atom stereocenters. The first-order valence-electron chi connectivity index (χ1n) is 11.5. The molecule has 1 N–H and O–H groups in total. The minimum Gasteiger partial charge on any atom is -0.348 e. The SMILES string of the molecule is CCN(CC)Cc1ccccc1CNC(=O)c1cc(S(=O)(=O)N2CCCCC2)ccc1C. The maximum Gasteiger partial charge on any atom is 0.251 e. The first-order chi connectivity index (χ1) is 15.4. The van der Waals surface area contributed by atoms with Crippen LogP contribution in [0.15, 0.2) is 47.4 Å². The maximum atomic E-state index is 13.0. The molecule has 7 heteroatoms. The molecule has 1 aliphatic rings. The van der Waals surface area contributed by atoms with E-state index in [1.54, 1.807) is 12.1 Å². The number of nitrogens with zero attached hydrogens (tertiary/aromatic N) is 2. The molecule has 2 aromatic carbocycles. The molecule has 0 unspecified atom stereocenters. The van der Waals surface area contributed by atoms with Crippen molar-refractivity contribution in [2.45, 2.75) is 58.0 Å². The molecule has 0 saturated carbocycles. The molecule has 1 aliphatic heterocycles. The minimum absolute atomic E-state index is 0.192. The van der Waals surface area contributed by atoms with E-state index in [9.17, 15) is 13.2 Å². The van der Waals surface area contributed by atoms with Crippen LogP contribution in [0.3, 0.4) is 0 Å². The van der Waals surface area contributed by atoms with Crippen molar-refractivity contribution in [3.8, 4) is 0 Å². The molecule has 0 bridgehead atoms. The summed E-state index contributed by atoms with van der Waals surface area (Å²) in [6.45, 7) is 10.4. The van der Waals surface area contributed by atoms with Gasteiger partial charge in [0.1, 0.15) is 0 Å². The molecular formula is C25H35N3O3S. The molecule has 1 fully saturated rings. The number of sulfonamides is 1. The Labute approximate surface area is 192 Å². The van der Waals surface area contributed by atoms with Crippen molar-refractivity contribution in [2.75, 3.05) is 26.2 Å². The second-order valence-corrected chi connectivity index (χ2v) is 10.3. The van der Waals surface area contributed by atoms with Crippen LogP contribution in [0.25, 0.3) is 0 Å². The third kappa shape index (κ3) is 5.77. The van der Waals surface area contributed by atoms with E-state index < -0.39 is 10.0 Å². The smallest absolute Gasteiger partial charge is 0.251 e. The molecule has 2 aromatic rings. The summed E-state index contributed by atoms with van der Waals surface area (Å²) in [6.07, 6.45) is 2.82. The standard InChI is InChI=1S/C25H35N3O3S/c1-4-27(5-2)19-22-12-8-7-11-21(22)18-26-25(29)24-17-23(14-13-20(24)3)32(30,31)28-15-9-6-10-16-28/h7-8,11-14,17H,4-6,9-10,15-16,18-19H2,1-3H3,(H,26,29). The van der Waals surface area contributed by atoms with E-state index in [1.165, 1.54) is 15.9 Å². The Morgan fingerprint density at radius 2 is 1.66 bits per heavy atom. The van der Waals surface area contributed by atoms with Crippen molar-refractivity contribution in [1.82, 2.24) is 14.5 Å². The Bertz CT molecular complexity index is 1030. The van der Waals surface area contributed by atoms with Crippen LogP contribution in [0.2, 0.25) is 0 Å². The zero-order chi connectivity index (χ0) is 23.1. The lowest BCUT2D eigenvalue weighted by atomic mass is 10.1. The highest BCUT2D eigenvalue weighted by molar-refractivity contribution is 7.89. The predicted octanol–water partition coefficient (Wildman–Crippen LogP) is 3.94. The van der Waals surface area contributed by atoms with Crippen LogP contribution >= 0.6 is 0 Å². The second kappa shape index (κ2) is 11.1. The fourth-order valence-electron chi connectivity index (χ4n) is 4.10. The summed E-state index contributed by atoms with van der Waals surface area (Å²) in [5, 5.41) is 3.00. The van der Waals surface area contributed by atoms with E-state index in [2.05, 4.69) is 30.1 Å². The quantitative estimate of drug-likeness (QED) is 0.619. The molecule has 0 aliphatic carbocycles. The van der Waals surface area contributed by atoms with Gasteiger partial charge >= 0.3 is 0 Å². The van der Waals surface area contributed by atoms with Crippen LogP contribution < -0.4 is 5.32 Å². The number of hydrogen-bond acceptors (Lipinski definition) is 4. The molecule has 0 radical (unpaired) electrons.